The van der Waals surface area contributed by atoms with Crippen molar-refractivity contribution < 1.29 is 96.2 Å². The van der Waals surface area contributed by atoms with Crippen molar-refractivity contribution in [1.82, 2.24) is 95.7 Å². The zero-order valence-corrected chi connectivity index (χ0v) is 57.6. The van der Waals surface area contributed by atoms with Gasteiger partial charge in [-0.15, -0.1) is 0 Å². The summed E-state index contributed by atoms with van der Waals surface area (Å²) in [6.45, 7) is 12.0. The Kier molecular flexibility index (Phi) is 45.1. The van der Waals surface area contributed by atoms with E-state index in [1.54, 1.807) is 27.7 Å². The number of guanidine groups is 1. The van der Waals surface area contributed by atoms with Crippen molar-refractivity contribution in [3.63, 3.8) is 0 Å². The number of primary amides is 2. The lowest BCUT2D eigenvalue weighted by Crippen LogP contribution is -2.70. The van der Waals surface area contributed by atoms with Gasteiger partial charge in [-0.3, -0.25) is 106 Å². The van der Waals surface area contributed by atoms with Gasteiger partial charge in [0.1, 0.15) is 74.9 Å². The van der Waals surface area contributed by atoms with E-state index in [1.165, 1.54) is 27.7 Å². The van der Waals surface area contributed by atoms with E-state index in [4.69, 9.17) is 22.9 Å². The van der Waals surface area contributed by atoms with Crippen molar-refractivity contribution in [1.29, 1.82) is 0 Å². The third kappa shape index (κ3) is 38.5. The number of aldehydes is 8. The van der Waals surface area contributed by atoms with E-state index < -0.39 is 201 Å². The van der Waals surface area contributed by atoms with Crippen LogP contribution < -0.4 is 119 Å². The van der Waals surface area contributed by atoms with Crippen molar-refractivity contribution in [2.75, 3.05) is 19.6 Å². The molecular formula is C58H101N23O20. The summed E-state index contributed by atoms with van der Waals surface area (Å²) < 4.78 is 0. The normalized spacial score (nSPS) is 15.9. The Morgan fingerprint density at radius 3 is 1.20 bits per heavy atom. The number of aliphatic imine (C=N–C) groups is 1. The van der Waals surface area contributed by atoms with Crippen LogP contribution in [0.2, 0.25) is 0 Å². The molecule has 0 radical (unpaired) electrons. The Morgan fingerprint density at radius 2 is 0.822 bits per heavy atom. The summed E-state index contributed by atoms with van der Waals surface area (Å²) in [5.41, 5.74) is 21.6. The van der Waals surface area contributed by atoms with E-state index >= 15 is 0 Å². The monoisotopic (exact) mass is 1440 g/mol. The largest absolute Gasteiger partial charge is 0.375 e. The Bertz CT molecular complexity index is 2820. The minimum Gasteiger partial charge on any atom is -0.375 e. The Labute approximate surface area is 582 Å². The summed E-state index contributed by atoms with van der Waals surface area (Å²) >= 11 is 0. The van der Waals surface area contributed by atoms with Gasteiger partial charge >= 0.3 is 0 Å². The van der Waals surface area contributed by atoms with E-state index in [0.29, 0.717) is 25.1 Å². The van der Waals surface area contributed by atoms with E-state index in [0.717, 1.165) is 6.92 Å². The molecule has 0 rings (SSSR count). The second kappa shape index (κ2) is 49.8. The summed E-state index contributed by atoms with van der Waals surface area (Å²) in [7, 11) is 0. The number of nitrogens with one attached hydrogen (secondary N) is 18. The third-order valence-corrected chi connectivity index (χ3v) is 13.7. The number of carbonyl (C=O) groups excluding carboxylic acids is 19. The average Bonchev–Trinajstić information content (AvgIpc) is 0.853. The molecule has 0 aliphatic carbocycles. The Morgan fingerprint density at radius 1 is 0.416 bits per heavy atom. The molecule has 0 aliphatic heterocycles. The molecule has 0 aromatic heterocycles. The summed E-state index contributed by atoms with van der Waals surface area (Å²) in [6, 6.07) is -9.77. The zero-order valence-electron chi connectivity index (χ0n) is 57.6. The van der Waals surface area contributed by atoms with Crippen LogP contribution in [0.5, 0.6) is 0 Å². The molecule has 0 heterocycles. The first kappa shape index (κ1) is 91.4. The van der Waals surface area contributed by atoms with Crippen LogP contribution in [-0.2, 0) is 91.1 Å². The third-order valence-electron chi connectivity index (χ3n) is 13.7. The van der Waals surface area contributed by atoms with E-state index in [1.807, 2.05) is 0 Å². The van der Waals surface area contributed by atoms with Gasteiger partial charge in [-0.1, -0.05) is 27.7 Å². The van der Waals surface area contributed by atoms with Crippen LogP contribution >= 0.6 is 0 Å². The maximum Gasteiger partial charge on any atom is 0.259 e. The van der Waals surface area contributed by atoms with Crippen LogP contribution in [0.15, 0.2) is 4.99 Å². The predicted molar refractivity (Wildman–Crippen MR) is 356 cm³/mol. The van der Waals surface area contributed by atoms with Gasteiger partial charge in [-0.05, 0) is 71.6 Å². The molecule has 16 atom stereocenters. The fraction of sp³-hybridized carbons (Fsp3) is 0.655. The molecule has 43 heteroatoms. The van der Waals surface area contributed by atoms with Crippen LogP contribution in [0.3, 0.4) is 0 Å². The first-order valence-electron chi connectivity index (χ1n) is 31.9. The predicted octanol–water partition coefficient (Wildman–Crippen LogP) is -12.8. The van der Waals surface area contributed by atoms with Gasteiger partial charge in [0, 0.05) is 32.4 Å². The number of nitrogens with zero attached hydrogens (tertiary/aromatic N) is 1. The number of hydrogen-bond donors (Lipinski definition) is 23. The summed E-state index contributed by atoms with van der Waals surface area (Å²) in [6.07, 6.45) is -18.4. The second-order valence-electron chi connectivity index (χ2n) is 23.8. The van der Waals surface area contributed by atoms with E-state index in [2.05, 4.69) is 101 Å². The summed E-state index contributed by atoms with van der Waals surface area (Å²) in [4.78, 5) is 251. The number of aliphatic hydroxyl groups is 1. The molecule has 1 unspecified atom stereocenters. The number of nitrogens with two attached hydrogens (primary N) is 4. The highest BCUT2D eigenvalue weighted by Gasteiger charge is 2.38. The van der Waals surface area contributed by atoms with Crippen molar-refractivity contribution in [3.05, 3.63) is 0 Å². The van der Waals surface area contributed by atoms with Crippen LogP contribution in [0, 0.1) is 11.8 Å². The highest BCUT2D eigenvalue weighted by atomic mass is 16.3. The van der Waals surface area contributed by atoms with Crippen molar-refractivity contribution >= 4 is 121 Å². The average molecular weight is 1440 g/mol. The van der Waals surface area contributed by atoms with Gasteiger partial charge in [0.25, 0.3) is 41.4 Å². The molecule has 101 heavy (non-hydrogen) atoms. The molecule has 0 aromatic rings. The zero-order chi connectivity index (χ0) is 77.1. The highest BCUT2D eigenvalue weighted by molar-refractivity contribution is 5.97. The molecule has 568 valence electrons. The maximum atomic E-state index is 14.9. The highest BCUT2D eigenvalue weighted by Crippen LogP contribution is 2.08. The van der Waals surface area contributed by atoms with E-state index in [9.17, 15) is 96.2 Å². The number of rotatable bonds is 57. The molecule has 43 nitrogen and oxygen atoms in total. The molecule has 0 aromatic carbocycles. The standard InChI is InChI=1S/C58H101N23O20/c1-28(2)21-37(26-88)73-47(56(100)76-43(67-31(7)22-84)52(96)68-32(8)49(93)66-30(5)6)80-54(98)46(72-36(25-87)13-15-40(60)92)79-53(97)44(70-34(23-85)11-10-16-65-58(61)62)78-51(95)42(64-18-20-83)75-57(101)48(74-38(27-89)29(3)4)81-55(99)45(71-35(24-86)12-14-39(59)91)77-50(94)41(63-17-19-82)69-33(9)90/h19-20,22-32,34-38,41-48,56,63-64,67,70-74,76,100H,10-18,21H2,1-9H3,(H2,59,91)(H2,60,92)(H,66,93)(H,68,96)(H,69,90)(H,75,101)(H,77,94)(H,78,95)(H,79,97)(H,80,98)(H,81,99)(H4,61,62,65)/t31-,32-,34+,35+,36+,37+,38-,41+,42+,43+,44+,45+,46+,47+,48+,56?/m0/s1. The van der Waals surface area contributed by atoms with Crippen LogP contribution in [0.1, 0.15) is 107 Å². The van der Waals surface area contributed by atoms with Gasteiger partial charge in [-0.25, -0.2) is 0 Å². The first-order valence-corrected chi connectivity index (χ1v) is 31.9. The lowest BCUT2D eigenvalue weighted by Gasteiger charge is -2.34. The molecule has 11 amide bonds. The molecule has 0 saturated heterocycles. The molecule has 0 fully saturated rings. The second-order valence-corrected chi connectivity index (χ2v) is 23.8. The summed E-state index contributed by atoms with van der Waals surface area (Å²) in [5, 5.41) is 55.2. The molecule has 0 saturated carbocycles. The quantitative estimate of drug-likeness (QED) is 0.00884. The fourth-order valence-corrected chi connectivity index (χ4v) is 8.61. The number of hydrogen-bond acceptors (Lipinski definition) is 30. The maximum absolute atomic E-state index is 14.9. The Hall–Kier alpha value is -9.60. The van der Waals surface area contributed by atoms with Crippen molar-refractivity contribution in [3.8, 4) is 0 Å². The van der Waals surface area contributed by atoms with Crippen LogP contribution in [0.25, 0.3) is 0 Å². The molecular weight excluding hydrogens is 1340 g/mol. The first-order chi connectivity index (χ1) is 47.5. The van der Waals surface area contributed by atoms with Crippen LogP contribution in [-0.4, -0.2) is 250 Å². The number of aliphatic hydroxyl groups excluding tert-OH is 1. The smallest absolute Gasteiger partial charge is 0.259 e. The molecule has 0 bridgehead atoms. The summed E-state index contributed by atoms with van der Waals surface area (Å²) in [5.74, 6) is -14.1. The number of amides is 11. The van der Waals surface area contributed by atoms with Crippen molar-refractivity contribution in [2.24, 2.45) is 39.8 Å². The minimum atomic E-state index is -2.29. The van der Waals surface area contributed by atoms with E-state index in [-0.39, 0.29) is 75.3 Å². The lowest BCUT2D eigenvalue weighted by atomic mass is 10.0. The molecule has 27 N–H and O–H groups in total. The molecule has 0 aliphatic rings. The van der Waals surface area contributed by atoms with Gasteiger partial charge in [0.2, 0.25) is 23.6 Å². The number of carbonyl (C=O) groups is 19. The van der Waals surface area contributed by atoms with Gasteiger partial charge < -0.3 is 114 Å². The lowest BCUT2D eigenvalue weighted by molar-refractivity contribution is -0.138. The van der Waals surface area contributed by atoms with Gasteiger partial charge in [0.15, 0.2) is 43.0 Å². The minimum absolute atomic E-state index is 0.00000117. The van der Waals surface area contributed by atoms with Gasteiger partial charge in [0.05, 0.1) is 49.3 Å². The van der Waals surface area contributed by atoms with Crippen LogP contribution in [0.4, 0.5) is 0 Å². The Balaban J connectivity index is 8.27. The molecule has 0 spiro atoms. The van der Waals surface area contributed by atoms with Crippen molar-refractivity contribution in [2.45, 2.75) is 211 Å². The van der Waals surface area contributed by atoms with Gasteiger partial charge in [-0.2, -0.15) is 0 Å². The SMILES string of the molecule is CC(=O)N[C@@H](NCC=O)C(=O)N[C@@H](N[C@@H](C=O)CCC(N)=O)C(=O)N[C@@H](N[C@@H](C=O)C(C)C)C(=O)N[C@@H](NCC=O)C(=O)N[C@@H](N[C@@H](C=O)CCCN=C(N)N)C(=O)N[C@@H](N[C@@H](C=O)CCC(N)=O)C(=O)N[C@@H](N[C@@H](C=O)CC(C)C)C(O)N[C@@H](N[C@@H](C)C=O)C(=O)N[C@@H](C)C(=O)NC(C)C. The fourth-order valence-electron chi connectivity index (χ4n) is 8.61. The topological polar surface area (TPSA) is 678 Å².